The van der Waals surface area contributed by atoms with Gasteiger partial charge in [0, 0.05) is 29.1 Å². The summed E-state index contributed by atoms with van der Waals surface area (Å²) in [5, 5.41) is 13.1. The predicted molar refractivity (Wildman–Crippen MR) is 114 cm³/mol. The van der Waals surface area contributed by atoms with Crippen molar-refractivity contribution in [3.05, 3.63) is 85.6 Å². The van der Waals surface area contributed by atoms with Crippen LogP contribution in [0, 0.1) is 10.1 Å². The Hall–Kier alpha value is -3.39. The molecule has 0 N–H and O–H groups in total. The third-order valence-corrected chi connectivity index (χ3v) is 6.18. The molecule has 1 aliphatic rings. The molecule has 0 saturated heterocycles. The molecule has 0 radical (unpaired) electrons. The number of methoxy groups -OCH3 is 2. The lowest BCUT2D eigenvalue weighted by molar-refractivity contribution is -0.384. The number of amides is 1. The quantitative estimate of drug-likeness (QED) is 0.446. The molecular formula is C22H20N2O5S. The fourth-order valence-electron chi connectivity index (χ4n) is 3.84. The van der Waals surface area contributed by atoms with Crippen molar-refractivity contribution in [3.8, 4) is 11.5 Å². The molecule has 2 aromatic carbocycles. The first-order valence-electron chi connectivity index (χ1n) is 9.37. The molecule has 154 valence electrons. The maximum atomic E-state index is 13.4. The van der Waals surface area contributed by atoms with E-state index < -0.39 is 4.92 Å². The van der Waals surface area contributed by atoms with Crippen LogP contribution in [-0.2, 0) is 6.42 Å². The minimum Gasteiger partial charge on any atom is -0.493 e. The average Bonchev–Trinajstić information content (AvgIpc) is 3.31. The Kier molecular flexibility index (Phi) is 5.41. The summed E-state index contributed by atoms with van der Waals surface area (Å²) in [5.41, 5.74) is 2.27. The summed E-state index contributed by atoms with van der Waals surface area (Å²) < 4.78 is 10.9. The summed E-state index contributed by atoms with van der Waals surface area (Å²) in [6.07, 6.45) is 0.651. The van der Waals surface area contributed by atoms with Gasteiger partial charge < -0.3 is 14.4 Å². The number of nitrogens with zero attached hydrogens (tertiary/aromatic N) is 2. The number of rotatable bonds is 5. The van der Waals surface area contributed by atoms with Crippen LogP contribution >= 0.6 is 11.3 Å². The van der Waals surface area contributed by atoms with E-state index in [0.717, 1.165) is 16.0 Å². The Balaban J connectivity index is 1.80. The summed E-state index contributed by atoms with van der Waals surface area (Å²) >= 11 is 1.57. The molecule has 1 unspecified atom stereocenters. The summed E-state index contributed by atoms with van der Waals surface area (Å²) in [7, 11) is 3.18. The normalized spacial score (nSPS) is 15.4. The number of fused-ring (bicyclic) bond motifs is 1. The first kappa shape index (κ1) is 19.9. The van der Waals surface area contributed by atoms with Crippen molar-refractivity contribution in [2.45, 2.75) is 12.5 Å². The third kappa shape index (κ3) is 3.50. The van der Waals surface area contributed by atoms with Gasteiger partial charge in [-0.15, -0.1) is 11.3 Å². The van der Waals surface area contributed by atoms with E-state index >= 15 is 0 Å². The zero-order valence-corrected chi connectivity index (χ0v) is 17.3. The Bertz CT molecular complexity index is 1100. The van der Waals surface area contributed by atoms with E-state index in [-0.39, 0.29) is 17.6 Å². The van der Waals surface area contributed by atoms with E-state index in [9.17, 15) is 14.9 Å². The molecule has 0 saturated carbocycles. The number of non-ortho nitro benzene ring substituents is 1. The lowest BCUT2D eigenvalue weighted by Crippen LogP contribution is -2.40. The van der Waals surface area contributed by atoms with Crippen molar-refractivity contribution < 1.29 is 19.2 Å². The van der Waals surface area contributed by atoms with Crippen molar-refractivity contribution in [1.29, 1.82) is 0 Å². The highest BCUT2D eigenvalue weighted by Crippen LogP contribution is 2.42. The van der Waals surface area contributed by atoms with Gasteiger partial charge in [0.05, 0.1) is 25.2 Å². The number of carbonyl (C=O) groups is 1. The van der Waals surface area contributed by atoms with Crippen LogP contribution in [0.5, 0.6) is 11.5 Å². The smallest absolute Gasteiger partial charge is 0.270 e. The largest absolute Gasteiger partial charge is 0.493 e. The number of ether oxygens (including phenoxy) is 2. The second kappa shape index (κ2) is 8.16. The number of thiophene rings is 1. The van der Waals surface area contributed by atoms with Crippen LogP contribution in [0.25, 0.3) is 0 Å². The molecule has 1 aliphatic heterocycles. The van der Waals surface area contributed by atoms with Crippen LogP contribution in [0.1, 0.15) is 32.4 Å². The number of nitro groups is 1. The molecule has 8 heteroatoms. The molecule has 3 aromatic rings. The van der Waals surface area contributed by atoms with Gasteiger partial charge in [-0.25, -0.2) is 0 Å². The topological polar surface area (TPSA) is 81.9 Å². The highest BCUT2D eigenvalue weighted by molar-refractivity contribution is 7.10. The maximum Gasteiger partial charge on any atom is 0.270 e. The Morgan fingerprint density at radius 1 is 1.13 bits per heavy atom. The van der Waals surface area contributed by atoms with Crippen LogP contribution in [-0.4, -0.2) is 36.5 Å². The number of carbonyl (C=O) groups excluding carboxylic acids is 1. The Morgan fingerprint density at radius 3 is 2.57 bits per heavy atom. The molecule has 1 amide bonds. The lowest BCUT2D eigenvalue weighted by atomic mass is 9.90. The molecule has 0 aliphatic carbocycles. The zero-order valence-electron chi connectivity index (χ0n) is 16.5. The van der Waals surface area contributed by atoms with Gasteiger partial charge in [0.25, 0.3) is 11.6 Å². The van der Waals surface area contributed by atoms with Gasteiger partial charge in [0.15, 0.2) is 11.5 Å². The molecule has 0 bridgehead atoms. The van der Waals surface area contributed by atoms with Gasteiger partial charge in [0.2, 0.25) is 0 Å². The Morgan fingerprint density at radius 2 is 1.90 bits per heavy atom. The summed E-state index contributed by atoms with van der Waals surface area (Å²) in [6.45, 7) is 0.493. The molecule has 4 rings (SSSR count). The number of hydrogen-bond donors (Lipinski definition) is 0. The first-order valence-corrected chi connectivity index (χ1v) is 10.2. The molecule has 30 heavy (non-hydrogen) atoms. The fourth-order valence-corrected chi connectivity index (χ4v) is 4.69. The SMILES string of the molecule is COc1cc2c(cc1OC)C(c1cccs1)N(C(=O)c1cccc([N+](=O)[O-])c1)CC2. The highest BCUT2D eigenvalue weighted by Gasteiger charge is 2.34. The summed E-state index contributed by atoms with van der Waals surface area (Å²) in [5.74, 6) is 1.01. The van der Waals surface area contributed by atoms with E-state index in [1.54, 1.807) is 36.5 Å². The second-order valence-electron chi connectivity index (χ2n) is 6.88. The van der Waals surface area contributed by atoms with Crippen molar-refractivity contribution in [1.82, 2.24) is 4.90 Å². The van der Waals surface area contributed by atoms with Gasteiger partial charge in [-0.2, -0.15) is 0 Å². The standard InChI is InChI=1S/C22H20N2O5S/c1-28-18-12-14-8-9-23(22(25)15-5-3-6-16(11-15)24(26)27)21(20-7-4-10-30-20)17(14)13-19(18)29-2/h3-7,10-13,21H,8-9H2,1-2H3. The fraction of sp³-hybridized carbons (Fsp3) is 0.227. The lowest BCUT2D eigenvalue weighted by Gasteiger charge is -2.37. The average molecular weight is 424 g/mol. The van der Waals surface area contributed by atoms with Gasteiger partial charge in [-0.1, -0.05) is 12.1 Å². The molecule has 0 fully saturated rings. The van der Waals surface area contributed by atoms with Gasteiger partial charge >= 0.3 is 0 Å². The predicted octanol–water partition coefficient (Wildman–Crippen LogP) is 4.46. The zero-order chi connectivity index (χ0) is 21.3. The number of hydrogen-bond acceptors (Lipinski definition) is 6. The Labute approximate surface area is 177 Å². The third-order valence-electron chi connectivity index (χ3n) is 5.25. The number of nitro benzene ring substituents is 1. The van der Waals surface area contributed by atoms with Crippen LogP contribution < -0.4 is 9.47 Å². The van der Waals surface area contributed by atoms with Crippen molar-refractivity contribution in [2.24, 2.45) is 0 Å². The maximum absolute atomic E-state index is 13.4. The van der Waals surface area contributed by atoms with Gasteiger partial charge in [-0.05, 0) is 47.2 Å². The van der Waals surface area contributed by atoms with Crippen molar-refractivity contribution >= 4 is 22.9 Å². The molecular weight excluding hydrogens is 404 g/mol. The highest BCUT2D eigenvalue weighted by atomic mass is 32.1. The van der Waals surface area contributed by atoms with Crippen molar-refractivity contribution in [3.63, 3.8) is 0 Å². The monoisotopic (exact) mass is 424 g/mol. The molecule has 7 nitrogen and oxygen atoms in total. The molecule has 2 heterocycles. The van der Waals surface area contributed by atoms with E-state index in [2.05, 4.69) is 0 Å². The summed E-state index contributed by atoms with van der Waals surface area (Å²) in [6, 6.07) is 13.4. The van der Waals surface area contributed by atoms with Gasteiger partial charge in [-0.3, -0.25) is 14.9 Å². The van der Waals surface area contributed by atoms with Crippen LogP contribution in [0.4, 0.5) is 5.69 Å². The van der Waals surface area contributed by atoms with E-state index in [1.165, 1.54) is 18.2 Å². The van der Waals surface area contributed by atoms with E-state index in [0.29, 0.717) is 30.0 Å². The van der Waals surface area contributed by atoms with Crippen molar-refractivity contribution in [2.75, 3.05) is 20.8 Å². The summed E-state index contributed by atoms with van der Waals surface area (Å²) in [4.78, 5) is 26.9. The number of benzene rings is 2. The first-order chi connectivity index (χ1) is 14.5. The van der Waals surface area contributed by atoms with Crippen LogP contribution in [0.2, 0.25) is 0 Å². The second-order valence-corrected chi connectivity index (χ2v) is 7.86. The minimum atomic E-state index is -0.490. The molecule has 1 atom stereocenters. The van der Waals surface area contributed by atoms with Crippen LogP contribution in [0.15, 0.2) is 53.9 Å². The molecule has 0 spiro atoms. The van der Waals surface area contributed by atoms with E-state index in [1.807, 2.05) is 29.6 Å². The van der Waals surface area contributed by atoms with Crippen LogP contribution in [0.3, 0.4) is 0 Å². The van der Waals surface area contributed by atoms with E-state index in [4.69, 9.17) is 9.47 Å². The minimum absolute atomic E-state index is 0.0997. The molecule has 1 aromatic heterocycles. The van der Waals surface area contributed by atoms with Gasteiger partial charge in [0.1, 0.15) is 0 Å².